The van der Waals surface area contributed by atoms with Gasteiger partial charge in [-0.05, 0) is 18.8 Å². The molecule has 0 rings (SSSR count). The molecule has 0 aromatic rings. The normalized spacial score (nSPS) is 6.64. The van der Waals surface area contributed by atoms with Gasteiger partial charge in [-0.2, -0.15) is 0 Å². The second-order valence-corrected chi connectivity index (χ2v) is 2.18. The number of aliphatic carboxylic acids is 1. The monoisotopic (exact) mass is 212 g/mol. The molecule has 1 N–H and O–H groups in total. The molecular formula is C4H6Na2O3S2. The Morgan fingerprint density at radius 1 is 1.55 bits per heavy atom. The first kappa shape index (κ1) is 18.3. The van der Waals surface area contributed by atoms with E-state index in [4.69, 9.17) is 5.11 Å². The Balaban J connectivity index is -0.000000320. The van der Waals surface area contributed by atoms with Crippen molar-refractivity contribution in [1.82, 2.24) is 0 Å². The molecule has 0 aromatic heterocycles. The Bertz CT molecular complexity index is 171. The molecular weight excluding hydrogens is 206 g/mol. The summed E-state index contributed by atoms with van der Waals surface area (Å²) in [6, 6.07) is 0. The van der Waals surface area contributed by atoms with Gasteiger partial charge < -0.3 is 9.84 Å². The van der Waals surface area contributed by atoms with Crippen molar-refractivity contribution in [3.05, 3.63) is 12.3 Å². The van der Waals surface area contributed by atoms with Crippen LogP contribution in [0, 0.1) is 0 Å². The molecule has 0 heterocycles. The van der Waals surface area contributed by atoms with Gasteiger partial charge in [0.15, 0.2) is 0 Å². The molecule has 0 radical (unpaired) electrons. The molecule has 3 nitrogen and oxygen atoms in total. The Labute approximate surface area is 120 Å². The molecule has 0 fully saturated rings. The predicted molar refractivity (Wildman–Crippen MR) is 53.7 cm³/mol. The van der Waals surface area contributed by atoms with Gasteiger partial charge in [-0.15, -0.1) is 0 Å². The van der Waals surface area contributed by atoms with Crippen LogP contribution < -0.4 is 0 Å². The first-order valence-corrected chi connectivity index (χ1v) is 2.72. The number of rotatable bonds is 2. The van der Waals surface area contributed by atoms with E-state index in [1.165, 1.54) is 0 Å². The molecule has 0 atom stereocenters. The number of carboxylic acid groups (broad SMARTS) is 1. The van der Waals surface area contributed by atoms with Gasteiger partial charge >= 0.3 is 65.1 Å². The van der Waals surface area contributed by atoms with E-state index in [9.17, 15) is 4.79 Å². The van der Waals surface area contributed by atoms with Crippen LogP contribution in [0.15, 0.2) is 12.3 Å². The van der Waals surface area contributed by atoms with Gasteiger partial charge in [-0.25, -0.2) is 4.79 Å². The third-order valence-corrected chi connectivity index (χ3v) is 0.624. The van der Waals surface area contributed by atoms with Crippen molar-refractivity contribution in [2.24, 2.45) is 0 Å². The Morgan fingerprint density at radius 2 is 1.91 bits per heavy atom. The fourth-order valence-electron chi connectivity index (χ4n) is 0.149. The summed E-state index contributed by atoms with van der Waals surface area (Å²) in [7, 11) is 0. The minimum absolute atomic E-state index is 0. The Morgan fingerprint density at radius 3 is 2.00 bits per heavy atom. The molecule has 0 aliphatic heterocycles. The van der Waals surface area contributed by atoms with Crippen LogP contribution in [0.2, 0.25) is 0 Å². The molecule has 7 heteroatoms. The summed E-state index contributed by atoms with van der Waals surface area (Å²) in [5.74, 6) is -1.67. The molecule has 0 unspecified atom stereocenters. The van der Waals surface area contributed by atoms with Crippen LogP contribution in [0.25, 0.3) is 0 Å². The fourth-order valence-corrected chi connectivity index (χ4v) is 0.360. The number of carbonyl (C=O) groups is 1. The minimum atomic E-state index is -1.24. The van der Waals surface area contributed by atoms with E-state index in [1.807, 2.05) is 0 Å². The van der Waals surface area contributed by atoms with Crippen molar-refractivity contribution in [1.29, 1.82) is 0 Å². The zero-order valence-electron chi connectivity index (χ0n) is 4.33. The summed E-state index contributed by atoms with van der Waals surface area (Å²) in [6.45, 7) is 3.04. The van der Waals surface area contributed by atoms with Crippen molar-refractivity contribution in [2.45, 2.75) is 0 Å². The number of ether oxygens (including phenoxy) is 1. The maximum absolute atomic E-state index is 9.92. The Hall–Kier alpha value is 1.45. The molecule has 0 aliphatic carbocycles. The summed E-state index contributed by atoms with van der Waals surface area (Å²) >= 11 is 7.83. The quantitative estimate of drug-likeness (QED) is 0.213. The molecule has 0 bridgehead atoms. The topological polar surface area (TPSA) is 46.5 Å². The van der Waals surface area contributed by atoms with E-state index in [1.54, 1.807) is 0 Å². The van der Waals surface area contributed by atoms with Crippen LogP contribution >= 0.6 is 24.8 Å². The Kier molecular flexibility index (Phi) is 15.8. The van der Waals surface area contributed by atoms with Crippen LogP contribution in [0.5, 0.6) is 0 Å². The van der Waals surface area contributed by atoms with Crippen LogP contribution in [0.1, 0.15) is 0 Å². The number of carboxylic acids is 1. The van der Waals surface area contributed by atoms with Gasteiger partial charge in [0.2, 0.25) is 10.1 Å². The molecule has 54 valence electrons. The van der Waals surface area contributed by atoms with Gasteiger partial charge in [-0.1, -0.05) is 12.6 Å². The number of hydrogen-bond acceptors (Lipinski definition) is 3. The van der Waals surface area contributed by atoms with E-state index >= 15 is 0 Å². The predicted octanol–water partition coefficient (Wildman–Crippen LogP) is -0.481. The number of thiol groups is 1. The fraction of sp³-hybridized carbons (Fsp3) is 0. The van der Waals surface area contributed by atoms with Crippen LogP contribution in [-0.2, 0) is 9.53 Å². The molecule has 11 heavy (non-hydrogen) atoms. The van der Waals surface area contributed by atoms with Gasteiger partial charge in [0, 0.05) is 0 Å². The average molecular weight is 212 g/mol. The first-order chi connectivity index (χ1) is 4.04. The summed E-state index contributed by atoms with van der Waals surface area (Å²) in [6.07, 6.45) is 0. The van der Waals surface area contributed by atoms with E-state index in [2.05, 4.69) is 36.2 Å². The SMILES string of the molecule is C=C(OC(=S)S)C(=O)O.[NaH].[NaH]. The summed E-state index contributed by atoms with van der Waals surface area (Å²) in [4.78, 5) is 9.92. The first-order valence-electron chi connectivity index (χ1n) is 1.87. The molecule has 0 aliphatic rings. The molecule has 0 aromatic carbocycles. The van der Waals surface area contributed by atoms with Crippen molar-refractivity contribution < 1.29 is 14.6 Å². The van der Waals surface area contributed by atoms with Crippen LogP contribution in [0.3, 0.4) is 0 Å². The zero-order valence-corrected chi connectivity index (χ0v) is 6.04. The summed E-state index contributed by atoms with van der Waals surface area (Å²) < 4.78 is 4.16. The third kappa shape index (κ3) is 11.5. The molecule has 0 amide bonds. The standard InChI is InChI=1S/C4H4O3S2.2Na.2H/c1-2(3(5)6)7-4(8)9;;;;/h1H2,(H,5,6)(H,8,9);;;;. The maximum atomic E-state index is 9.92. The van der Waals surface area contributed by atoms with E-state index in [-0.39, 0.29) is 63.5 Å². The van der Waals surface area contributed by atoms with Crippen molar-refractivity contribution in [3.63, 3.8) is 0 Å². The second-order valence-electron chi connectivity index (χ2n) is 1.10. The van der Waals surface area contributed by atoms with Gasteiger partial charge in [-0.3, -0.25) is 0 Å². The van der Waals surface area contributed by atoms with E-state index in [0.717, 1.165) is 0 Å². The zero-order chi connectivity index (χ0) is 7.44. The van der Waals surface area contributed by atoms with Gasteiger partial charge in [0.1, 0.15) is 0 Å². The van der Waals surface area contributed by atoms with Gasteiger partial charge in [0.05, 0.1) is 0 Å². The van der Waals surface area contributed by atoms with E-state index in [0.29, 0.717) is 0 Å². The van der Waals surface area contributed by atoms with Crippen molar-refractivity contribution in [2.75, 3.05) is 0 Å². The molecule has 0 saturated heterocycles. The van der Waals surface area contributed by atoms with Gasteiger partial charge in [0.25, 0.3) is 0 Å². The summed E-state index contributed by atoms with van der Waals surface area (Å²) in [5, 5.41) is 8.11. The van der Waals surface area contributed by atoms with Crippen LogP contribution in [0.4, 0.5) is 0 Å². The molecule has 0 spiro atoms. The average Bonchev–Trinajstić information content (AvgIpc) is 1.63. The van der Waals surface area contributed by atoms with Crippen molar-refractivity contribution in [3.8, 4) is 0 Å². The summed E-state index contributed by atoms with van der Waals surface area (Å²) in [5.41, 5.74) is 0. The number of thiocarbonyl (C=S) groups is 1. The third-order valence-electron chi connectivity index (χ3n) is 0.449. The van der Waals surface area contributed by atoms with Crippen LogP contribution in [-0.4, -0.2) is 74.6 Å². The molecule has 0 saturated carbocycles. The second kappa shape index (κ2) is 9.54. The van der Waals surface area contributed by atoms with E-state index < -0.39 is 11.7 Å². The number of hydrogen-bond donors (Lipinski definition) is 2. The van der Waals surface area contributed by atoms with Crippen molar-refractivity contribution >= 4 is 94.3 Å².